The molecule has 1 nitrogen and oxygen atoms in total. The third kappa shape index (κ3) is 2.25. The van der Waals surface area contributed by atoms with Gasteiger partial charge in [-0.15, -0.1) is 0 Å². The normalized spacial score (nSPS) is 10.7. The van der Waals surface area contributed by atoms with Gasteiger partial charge in [0.25, 0.3) is 0 Å². The summed E-state index contributed by atoms with van der Waals surface area (Å²) in [5, 5.41) is 9.06. The standard InChI is InChI=1S/C9H12O.C6H4/c1-7(2)8-4-3-5-9(10)6-8;1-2-6-4-3-5(1)6/h3-7,10H,1-2H3;1-4H. The fraction of sp³-hybridized carbons (Fsp3) is 0.200. The Morgan fingerprint density at radius 3 is 1.69 bits per heavy atom. The molecule has 2 aliphatic rings. The number of hydrogen-bond donors (Lipinski definition) is 1. The highest BCUT2D eigenvalue weighted by Crippen LogP contribution is 2.29. The summed E-state index contributed by atoms with van der Waals surface area (Å²) in [6.07, 6.45) is 0. The van der Waals surface area contributed by atoms with Gasteiger partial charge in [0.1, 0.15) is 5.75 Å². The first-order valence-electron chi connectivity index (χ1n) is 5.56. The smallest absolute Gasteiger partial charge is 0.115 e. The molecule has 0 aromatic heterocycles. The maximum absolute atomic E-state index is 9.06. The second-order valence-corrected chi connectivity index (χ2v) is 4.33. The molecule has 82 valence electrons. The number of phenolic OH excluding ortho intramolecular Hbond substituents is 1. The van der Waals surface area contributed by atoms with Crippen LogP contribution in [-0.2, 0) is 0 Å². The van der Waals surface area contributed by atoms with E-state index in [-0.39, 0.29) is 0 Å². The molecular weight excluding hydrogens is 196 g/mol. The molecule has 0 radical (unpaired) electrons. The molecule has 3 rings (SSSR count). The number of rotatable bonds is 1. The van der Waals surface area contributed by atoms with Crippen molar-refractivity contribution in [1.82, 2.24) is 0 Å². The molecule has 0 fully saturated rings. The molecule has 2 aliphatic carbocycles. The van der Waals surface area contributed by atoms with Gasteiger partial charge in [0, 0.05) is 0 Å². The van der Waals surface area contributed by atoms with Crippen molar-refractivity contribution in [2.45, 2.75) is 19.8 Å². The van der Waals surface area contributed by atoms with Crippen LogP contribution < -0.4 is 0 Å². The lowest BCUT2D eigenvalue weighted by Gasteiger charge is -2.10. The molecular formula is C15H16O. The van der Waals surface area contributed by atoms with Crippen LogP contribution in [0.4, 0.5) is 0 Å². The van der Waals surface area contributed by atoms with Gasteiger partial charge in [0.15, 0.2) is 0 Å². The summed E-state index contributed by atoms with van der Waals surface area (Å²) >= 11 is 0. The molecule has 1 heteroatoms. The fourth-order valence-corrected chi connectivity index (χ4v) is 1.55. The number of hydrogen-bond acceptors (Lipinski definition) is 1. The van der Waals surface area contributed by atoms with E-state index < -0.39 is 0 Å². The third-order valence-electron chi connectivity index (χ3n) is 2.76. The molecule has 1 aromatic carbocycles. The molecule has 0 saturated heterocycles. The van der Waals surface area contributed by atoms with E-state index in [9.17, 15) is 0 Å². The number of phenols is 1. The molecule has 0 aliphatic heterocycles. The zero-order valence-corrected chi connectivity index (χ0v) is 9.64. The lowest BCUT2D eigenvalue weighted by Crippen LogP contribution is -1.85. The summed E-state index contributed by atoms with van der Waals surface area (Å²) in [5.41, 5.74) is 4.03. The Balaban J connectivity index is 0.000000134. The molecule has 0 heterocycles. The van der Waals surface area contributed by atoms with Gasteiger partial charge in [0.2, 0.25) is 0 Å². The van der Waals surface area contributed by atoms with Crippen molar-refractivity contribution in [1.29, 1.82) is 0 Å². The fourth-order valence-electron chi connectivity index (χ4n) is 1.55. The summed E-state index contributed by atoms with van der Waals surface area (Å²) in [5.74, 6) is 0.846. The molecule has 1 N–H and O–H groups in total. The van der Waals surface area contributed by atoms with Gasteiger partial charge in [-0.1, -0.05) is 50.2 Å². The van der Waals surface area contributed by atoms with E-state index in [0.717, 1.165) is 0 Å². The van der Waals surface area contributed by atoms with Gasteiger partial charge < -0.3 is 5.11 Å². The van der Waals surface area contributed by atoms with Crippen LogP contribution in [0, 0.1) is 0 Å². The van der Waals surface area contributed by atoms with Crippen LogP contribution in [0.15, 0.2) is 48.5 Å². The maximum Gasteiger partial charge on any atom is 0.115 e. The van der Waals surface area contributed by atoms with E-state index in [2.05, 4.69) is 38.1 Å². The van der Waals surface area contributed by atoms with E-state index in [1.807, 2.05) is 12.1 Å². The van der Waals surface area contributed by atoms with Crippen molar-refractivity contribution in [3.05, 3.63) is 54.1 Å². The second-order valence-electron chi connectivity index (χ2n) is 4.33. The Bertz CT molecular complexity index is 448. The molecule has 0 amide bonds. The predicted molar refractivity (Wildman–Crippen MR) is 67.6 cm³/mol. The highest BCUT2D eigenvalue weighted by molar-refractivity contribution is 5.75. The van der Waals surface area contributed by atoms with Crippen LogP contribution in [0.2, 0.25) is 0 Å². The van der Waals surface area contributed by atoms with Crippen molar-refractivity contribution in [2.24, 2.45) is 0 Å². The Hall–Kier alpha value is -1.76. The van der Waals surface area contributed by atoms with E-state index in [1.165, 1.54) is 16.7 Å². The first-order valence-corrected chi connectivity index (χ1v) is 5.56. The van der Waals surface area contributed by atoms with Crippen LogP contribution in [-0.4, -0.2) is 5.11 Å². The molecule has 0 saturated carbocycles. The van der Waals surface area contributed by atoms with Gasteiger partial charge in [0.05, 0.1) is 0 Å². The van der Waals surface area contributed by atoms with E-state index in [0.29, 0.717) is 11.7 Å². The predicted octanol–water partition coefficient (Wildman–Crippen LogP) is 4.18. The summed E-state index contributed by atoms with van der Waals surface area (Å²) < 4.78 is 0. The minimum absolute atomic E-state index is 0.353. The largest absolute Gasteiger partial charge is 0.508 e. The van der Waals surface area contributed by atoms with Gasteiger partial charge >= 0.3 is 0 Å². The van der Waals surface area contributed by atoms with Crippen molar-refractivity contribution >= 4 is 0 Å². The quantitative estimate of drug-likeness (QED) is 0.641. The number of aromatic hydroxyl groups is 1. The minimum Gasteiger partial charge on any atom is -0.508 e. The van der Waals surface area contributed by atoms with Crippen molar-refractivity contribution in [2.75, 3.05) is 0 Å². The molecule has 0 unspecified atom stereocenters. The first-order chi connectivity index (χ1) is 7.66. The maximum atomic E-state index is 9.06. The zero-order valence-electron chi connectivity index (χ0n) is 9.64. The summed E-state index contributed by atoms with van der Waals surface area (Å²) in [7, 11) is 0. The van der Waals surface area contributed by atoms with Crippen LogP contribution in [0.25, 0.3) is 11.1 Å². The minimum atomic E-state index is 0.353. The van der Waals surface area contributed by atoms with E-state index >= 15 is 0 Å². The Morgan fingerprint density at radius 2 is 1.44 bits per heavy atom. The number of fused-ring (bicyclic) bond motifs is 1. The van der Waals surface area contributed by atoms with E-state index in [1.54, 1.807) is 12.1 Å². The van der Waals surface area contributed by atoms with Crippen molar-refractivity contribution < 1.29 is 5.11 Å². The second kappa shape index (κ2) is 4.40. The summed E-state index contributed by atoms with van der Waals surface area (Å²) in [6, 6.07) is 15.8. The van der Waals surface area contributed by atoms with Gasteiger partial charge in [-0.25, -0.2) is 0 Å². The third-order valence-corrected chi connectivity index (χ3v) is 2.76. The lowest BCUT2D eigenvalue weighted by atomic mass is 9.95. The molecule has 0 atom stereocenters. The molecule has 1 aromatic rings. The topological polar surface area (TPSA) is 20.2 Å². The summed E-state index contributed by atoms with van der Waals surface area (Å²) in [6.45, 7) is 4.21. The van der Waals surface area contributed by atoms with Gasteiger partial charge in [-0.3, -0.25) is 0 Å². The van der Waals surface area contributed by atoms with Crippen molar-refractivity contribution in [3.8, 4) is 16.9 Å². The Labute approximate surface area is 96.4 Å². The van der Waals surface area contributed by atoms with Crippen LogP contribution in [0.3, 0.4) is 0 Å². The lowest BCUT2D eigenvalue weighted by molar-refractivity contribution is 0.474. The highest BCUT2D eigenvalue weighted by atomic mass is 16.3. The molecule has 0 spiro atoms. The van der Waals surface area contributed by atoms with Crippen LogP contribution >= 0.6 is 0 Å². The average Bonchev–Trinajstić information content (AvgIpc) is 2.24. The van der Waals surface area contributed by atoms with Gasteiger partial charge in [-0.2, -0.15) is 0 Å². The van der Waals surface area contributed by atoms with Gasteiger partial charge in [-0.05, 0) is 34.7 Å². The van der Waals surface area contributed by atoms with Crippen LogP contribution in [0.1, 0.15) is 25.3 Å². The SMILES string of the molecule is CC(C)c1cccc(O)c1.c1cc2ccc1-2. The highest BCUT2D eigenvalue weighted by Gasteiger charge is 2.04. The first kappa shape index (κ1) is 10.7. The molecule has 16 heavy (non-hydrogen) atoms. The molecule has 0 bridgehead atoms. The van der Waals surface area contributed by atoms with Crippen molar-refractivity contribution in [3.63, 3.8) is 0 Å². The van der Waals surface area contributed by atoms with Crippen LogP contribution in [0.5, 0.6) is 5.75 Å². The monoisotopic (exact) mass is 212 g/mol. The zero-order chi connectivity index (χ0) is 11.5. The summed E-state index contributed by atoms with van der Waals surface area (Å²) in [4.78, 5) is 0. The Kier molecular flexibility index (Phi) is 2.95. The average molecular weight is 212 g/mol. The van der Waals surface area contributed by atoms with E-state index in [4.69, 9.17) is 5.11 Å². The Morgan fingerprint density at radius 1 is 0.875 bits per heavy atom. The number of benzene rings is 2.